The summed E-state index contributed by atoms with van der Waals surface area (Å²) in [6, 6.07) is 6.70. The maximum absolute atomic E-state index is 12.1. The number of carbonyl (C=O) groups excluding carboxylic acids is 1. The Morgan fingerprint density at radius 3 is 2.81 bits per heavy atom. The van der Waals surface area contributed by atoms with Gasteiger partial charge in [-0.05, 0) is 31.5 Å². The number of methoxy groups -OCH3 is 1. The standard InChI is InChI=1S/C16H19NO4/c1-4-5-10(2)17-15(18)13-8-11-6-7-12(20-3)9-14(11)21-16(13)19/h6-10H,4-5H2,1-3H3,(H,17,18)/t10-/m0/s1. The maximum atomic E-state index is 12.1. The Balaban J connectivity index is 2.34. The van der Waals surface area contributed by atoms with Crippen molar-refractivity contribution in [3.8, 4) is 5.75 Å². The van der Waals surface area contributed by atoms with Crippen LogP contribution in [0.1, 0.15) is 37.0 Å². The first kappa shape index (κ1) is 15.1. The smallest absolute Gasteiger partial charge is 0.349 e. The maximum Gasteiger partial charge on any atom is 0.349 e. The molecule has 0 aliphatic heterocycles. The van der Waals surface area contributed by atoms with Crippen molar-refractivity contribution in [2.24, 2.45) is 0 Å². The van der Waals surface area contributed by atoms with Crippen molar-refractivity contribution in [2.45, 2.75) is 32.7 Å². The quantitative estimate of drug-likeness (QED) is 0.859. The molecule has 1 aromatic heterocycles. The number of hydrogen-bond acceptors (Lipinski definition) is 4. The molecular formula is C16H19NO4. The number of carbonyl (C=O) groups is 1. The molecule has 0 radical (unpaired) electrons. The Morgan fingerprint density at radius 2 is 2.14 bits per heavy atom. The number of ether oxygens (including phenoxy) is 1. The van der Waals surface area contributed by atoms with Crippen LogP contribution in [0.2, 0.25) is 0 Å². The summed E-state index contributed by atoms with van der Waals surface area (Å²) in [6.45, 7) is 3.95. The average Bonchev–Trinajstić information content (AvgIpc) is 2.45. The van der Waals surface area contributed by atoms with Crippen LogP contribution in [0.15, 0.2) is 33.5 Å². The predicted molar refractivity (Wildman–Crippen MR) is 80.9 cm³/mol. The molecule has 0 spiro atoms. The van der Waals surface area contributed by atoms with Crippen molar-refractivity contribution < 1.29 is 13.9 Å². The van der Waals surface area contributed by atoms with Crippen molar-refractivity contribution in [3.05, 3.63) is 40.2 Å². The molecule has 2 rings (SSSR count). The van der Waals surface area contributed by atoms with Gasteiger partial charge in [0.25, 0.3) is 5.91 Å². The van der Waals surface area contributed by atoms with Crippen molar-refractivity contribution in [2.75, 3.05) is 7.11 Å². The highest BCUT2D eigenvalue weighted by atomic mass is 16.5. The molecule has 112 valence electrons. The van der Waals surface area contributed by atoms with E-state index in [9.17, 15) is 9.59 Å². The van der Waals surface area contributed by atoms with Gasteiger partial charge in [0.05, 0.1) is 7.11 Å². The third kappa shape index (κ3) is 3.42. The van der Waals surface area contributed by atoms with Gasteiger partial charge < -0.3 is 14.5 Å². The molecule has 5 heteroatoms. The van der Waals surface area contributed by atoms with Gasteiger partial charge in [0.15, 0.2) is 0 Å². The van der Waals surface area contributed by atoms with Crippen LogP contribution in [0.25, 0.3) is 11.0 Å². The molecular weight excluding hydrogens is 270 g/mol. The molecule has 21 heavy (non-hydrogen) atoms. The third-order valence-corrected chi connectivity index (χ3v) is 3.29. The summed E-state index contributed by atoms with van der Waals surface area (Å²) >= 11 is 0. The van der Waals surface area contributed by atoms with Gasteiger partial charge in [0, 0.05) is 17.5 Å². The van der Waals surface area contributed by atoms with E-state index >= 15 is 0 Å². The van der Waals surface area contributed by atoms with Gasteiger partial charge in [-0.1, -0.05) is 13.3 Å². The van der Waals surface area contributed by atoms with Crippen molar-refractivity contribution in [1.29, 1.82) is 0 Å². The summed E-state index contributed by atoms with van der Waals surface area (Å²) in [6.07, 6.45) is 1.83. The molecule has 0 unspecified atom stereocenters. The minimum Gasteiger partial charge on any atom is -0.497 e. The lowest BCUT2D eigenvalue weighted by Crippen LogP contribution is -2.35. The van der Waals surface area contributed by atoms with Gasteiger partial charge >= 0.3 is 5.63 Å². The summed E-state index contributed by atoms with van der Waals surface area (Å²) < 4.78 is 10.3. The van der Waals surface area contributed by atoms with E-state index in [0.29, 0.717) is 16.7 Å². The lowest BCUT2D eigenvalue weighted by molar-refractivity contribution is 0.0935. The Bertz CT molecular complexity index is 705. The second-order valence-corrected chi connectivity index (χ2v) is 5.01. The zero-order valence-electron chi connectivity index (χ0n) is 12.4. The number of fused-ring (bicyclic) bond motifs is 1. The summed E-state index contributed by atoms with van der Waals surface area (Å²) in [5.41, 5.74) is -0.218. The van der Waals surface area contributed by atoms with E-state index in [-0.39, 0.29) is 11.6 Å². The van der Waals surface area contributed by atoms with Crippen LogP contribution in [-0.2, 0) is 0 Å². The minimum absolute atomic E-state index is 0.0217. The molecule has 0 saturated heterocycles. The van der Waals surface area contributed by atoms with Crippen molar-refractivity contribution in [1.82, 2.24) is 5.32 Å². The van der Waals surface area contributed by atoms with Crippen LogP contribution in [0, 0.1) is 0 Å². The van der Waals surface area contributed by atoms with Crippen LogP contribution in [0.5, 0.6) is 5.75 Å². The van der Waals surface area contributed by atoms with Gasteiger partial charge in [0.1, 0.15) is 16.9 Å². The van der Waals surface area contributed by atoms with Crippen molar-refractivity contribution in [3.63, 3.8) is 0 Å². The van der Waals surface area contributed by atoms with Crippen LogP contribution in [0.3, 0.4) is 0 Å². The highest BCUT2D eigenvalue weighted by molar-refractivity contribution is 5.96. The fourth-order valence-corrected chi connectivity index (χ4v) is 2.18. The number of nitrogens with one attached hydrogen (secondary N) is 1. The van der Waals surface area contributed by atoms with Gasteiger partial charge in [-0.2, -0.15) is 0 Å². The Kier molecular flexibility index (Phi) is 4.62. The number of amides is 1. The molecule has 0 aliphatic rings. The largest absolute Gasteiger partial charge is 0.497 e. The SMILES string of the molecule is CCC[C@H](C)NC(=O)c1cc2ccc(OC)cc2oc1=O. The van der Waals surface area contributed by atoms with Crippen LogP contribution in [0.4, 0.5) is 0 Å². The van der Waals surface area contributed by atoms with Crippen LogP contribution >= 0.6 is 0 Å². The van der Waals surface area contributed by atoms with E-state index in [1.807, 2.05) is 13.8 Å². The monoisotopic (exact) mass is 289 g/mol. The molecule has 1 N–H and O–H groups in total. The molecule has 1 heterocycles. The van der Waals surface area contributed by atoms with E-state index < -0.39 is 11.5 Å². The molecule has 1 atom stereocenters. The summed E-state index contributed by atoms with van der Waals surface area (Å²) in [4.78, 5) is 24.1. The van der Waals surface area contributed by atoms with E-state index in [4.69, 9.17) is 9.15 Å². The molecule has 0 fully saturated rings. The highest BCUT2D eigenvalue weighted by Crippen LogP contribution is 2.20. The van der Waals surface area contributed by atoms with E-state index in [2.05, 4.69) is 5.32 Å². The molecule has 1 aromatic carbocycles. The Labute approximate surface area is 122 Å². The lowest BCUT2D eigenvalue weighted by Gasteiger charge is -2.12. The predicted octanol–water partition coefficient (Wildman–Crippen LogP) is 2.72. The van der Waals surface area contributed by atoms with Crippen LogP contribution < -0.4 is 15.7 Å². The third-order valence-electron chi connectivity index (χ3n) is 3.29. The molecule has 2 aromatic rings. The molecule has 0 aliphatic carbocycles. The van der Waals surface area contributed by atoms with Gasteiger partial charge in [0.2, 0.25) is 0 Å². The van der Waals surface area contributed by atoms with Crippen LogP contribution in [-0.4, -0.2) is 19.1 Å². The molecule has 5 nitrogen and oxygen atoms in total. The Morgan fingerprint density at radius 1 is 1.38 bits per heavy atom. The first-order chi connectivity index (χ1) is 10.0. The second-order valence-electron chi connectivity index (χ2n) is 5.01. The number of benzene rings is 1. The highest BCUT2D eigenvalue weighted by Gasteiger charge is 2.15. The molecule has 1 amide bonds. The van der Waals surface area contributed by atoms with E-state index in [0.717, 1.165) is 12.8 Å². The fraction of sp³-hybridized carbons (Fsp3) is 0.375. The minimum atomic E-state index is -0.642. The summed E-state index contributed by atoms with van der Waals surface area (Å²) in [7, 11) is 1.54. The lowest BCUT2D eigenvalue weighted by atomic mass is 10.1. The van der Waals surface area contributed by atoms with E-state index in [1.165, 1.54) is 7.11 Å². The number of hydrogen-bond donors (Lipinski definition) is 1. The molecule has 0 saturated carbocycles. The second kappa shape index (κ2) is 6.43. The first-order valence-electron chi connectivity index (χ1n) is 6.98. The first-order valence-corrected chi connectivity index (χ1v) is 6.98. The normalized spacial score (nSPS) is 12.1. The topological polar surface area (TPSA) is 68.5 Å². The van der Waals surface area contributed by atoms with Gasteiger partial charge in [-0.25, -0.2) is 4.79 Å². The van der Waals surface area contributed by atoms with Gasteiger partial charge in [-0.3, -0.25) is 4.79 Å². The zero-order valence-corrected chi connectivity index (χ0v) is 12.4. The summed E-state index contributed by atoms with van der Waals surface area (Å²) in [5, 5.41) is 3.49. The summed E-state index contributed by atoms with van der Waals surface area (Å²) in [5.74, 6) is 0.196. The fourth-order valence-electron chi connectivity index (χ4n) is 2.18. The average molecular weight is 289 g/mol. The van der Waals surface area contributed by atoms with Gasteiger partial charge in [-0.15, -0.1) is 0 Å². The Hall–Kier alpha value is -2.30. The van der Waals surface area contributed by atoms with Crippen molar-refractivity contribution >= 4 is 16.9 Å². The zero-order chi connectivity index (χ0) is 15.4. The van der Waals surface area contributed by atoms with E-state index in [1.54, 1.807) is 24.3 Å². The molecule has 0 bridgehead atoms. The number of rotatable bonds is 5.